The summed E-state index contributed by atoms with van der Waals surface area (Å²) in [4.78, 5) is 0. The predicted molar refractivity (Wildman–Crippen MR) is 68.5 cm³/mol. The van der Waals surface area contributed by atoms with E-state index in [0.29, 0.717) is 0 Å². The van der Waals surface area contributed by atoms with Gasteiger partial charge in [0.25, 0.3) is 0 Å². The lowest BCUT2D eigenvalue weighted by Gasteiger charge is -2.13. The first-order chi connectivity index (χ1) is 7.29. The molecule has 1 atom stereocenters. The molecule has 76 valence electrons. The molecule has 0 spiro atoms. The molecule has 2 aromatic rings. The number of benzene rings is 2. The van der Waals surface area contributed by atoms with Crippen molar-refractivity contribution in [2.75, 3.05) is 0 Å². The fourth-order valence-corrected chi connectivity index (χ4v) is 2.17. The van der Waals surface area contributed by atoms with Crippen molar-refractivity contribution < 1.29 is 0 Å². The summed E-state index contributed by atoms with van der Waals surface area (Å²) in [6, 6.07) is 18.8. The standard InChI is InChI=1S/C14H14S/c1-11-7-5-6-10-13(11)14(15)12-8-3-2-4-9-12/h2-10,14-15H,1H3. The van der Waals surface area contributed by atoms with Crippen LogP contribution < -0.4 is 0 Å². The van der Waals surface area contributed by atoms with Crippen molar-refractivity contribution in [1.29, 1.82) is 0 Å². The van der Waals surface area contributed by atoms with Crippen LogP contribution >= 0.6 is 12.6 Å². The van der Waals surface area contributed by atoms with Gasteiger partial charge in [-0.3, -0.25) is 0 Å². The third kappa shape index (κ3) is 2.24. The highest BCUT2D eigenvalue weighted by atomic mass is 32.1. The first kappa shape index (κ1) is 10.3. The number of hydrogen-bond donors (Lipinski definition) is 1. The zero-order chi connectivity index (χ0) is 10.7. The van der Waals surface area contributed by atoms with E-state index >= 15 is 0 Å². The average molecular weight is 214 g/mol. The Morgan fingerprint density at radius 1 is 0.867 bits per heavy atom. The maximum atomic E-state index is 4.68. The Hall–Kier alpha value is -1.21. The molecule has 0 aliphatic carbocycles. The van der Waals surface area contributed by atoms with E-state index in [1.54, 1.807) is 0 Å². The van der Waals surface area contributed by atoms with E-state index in [4.69, 9.17) is 0 Å². The largest absolute Gasteiger partial charge is 0.166 e. The Kier molecular flexibility index (Phi) is 3.12. The summed E-state index contributed by atoms with van der Waals surface area (Å²) in [5.74, 6) is 0. The van der Waals surface area contributed by atoms with Crippen molar-refractivity contribution in [3.8, 4) is 0 Å². The van der Waals surface area contributed by atoms with E-state index in [0.717, 1.165) is 0 Å². The van der Waals surface area contributed by atoms with E-state index in [2.05, 4.69) is 68.1 Å². The summed E-state index contributed by atoms with van der Waals surface area (Å²) in [7, 11) is 0. The Morgan fingerprint density at radius 2 is 1.47 bits per heavy atom. The number of thiol groups is 1. The molecular weight excluding hydrogens is 200 g/mol. The molecule has 2 aromatic carbocycles. The predicted octanol–water partition coefficient (Wildman–Crippen LogP) is 4.01. The highest BCUT2D eigenvalue weighted by Gasteiger charge is 2.10. The quantitative estimate of drug-likeness (QED) is 0.717. The SMILES string of the molecule is Cc1ccccc1C(S)c1ccccc1. The van der Waals surface area contributed by atoms with Crippen molar-refractivity contribution in [2.24, 2.45) is 0 Å². The molecule has 0 heterocycles. The van der Waals surface area contributed by atoms with Crippen LogP contribution in [0, 0.1) is 6.92 Å². The van der Waals surface area contributed by atoms with Gasteiger partial charge in [-0.2, -0.15) is 12.6 Å². The lowest BCUT2D eigenvalue weighted by atomic mass is 10.0. The van der Waals surface area contributed by atoms with Crippen molar-refractivity contribution in [3.63, 3.8) is 0 Å². The second-order valence-electron chi connectivity index (χ2n) is 3.67. The molecule has 2 rings (SSSR count). The van der Waals surface area contributed by atoms with Gasteiger partial charge < -0.3 is 0 Å². The van der Waals surface area contributed by atoms with E-state index < -0.39 is 0 Å². The molecule has 0 aliphatic heterocycles. The van der Waals surface area contributed by atoms with Crippen molar-refractivity contribution in [3.05, 3.63) is 71.3 Å². The summed E-state index contributed by atoms with van der Waals surface area (Å²) in [6.45, 7) is 2.13. The van der Waals surface area contributed by atoms with E-state index in [-0.39, 0.29) is 5.25 Å². The van der Waals surface area contributed by atoms with Gasteiger partial charge >= 0.3 is 0 Å². The summed E-state index contributed by atoms with van der Waals surface area (Å²) < 4.78 is 0. The minimum atomic E-state index is 0.174. The van der Waals surface area contributed by atoms with Gasteiger partial charge in [0.05, 0.1) is 5.25 Å². The zero-order valence-electron chi connectivity index (χ0n) is 8.72. The Labute approximate surface area is 96.4 Å². The topological polar surface area (TPSA) is 0 Å². The van der Waals surface area contributed by atoms with Gasteiger partial charge in [0, 0.05) is 0 Å². The number of hydrogen-bond acceptors (Lipinski definition) is 1. The zero-order valence-corrected chi connectivity index (χ0v) is 9.62. The monoisotopic (exact) mass is 214 g/mol. The fourth-order valence-electron chi connectivity index (χ4n) is 1.71. The van der Waals surface area contributed by atoms with Crippen LogP contribution in [0.3, 0.4) is 0 Å². The molecule has 0 bridgehead atoms. The van der Waals surface area contributed by atoms with Crippen LogP contribution in [0.15, 0.2) is 54.6 Å². The first-order valence-corrected chi connectivity index (χ1v) is 5.59. The Bertz CT molecular complexity index is 434. The van der Waals surface area contributed by atoms with Crippen LogP contribution in [0.4, 0.5) is 0 Å². The molecule has 0 saturated carbocycles. The van der Waals surface area contributed by atoms with Crippen LogP contribution in [0.2, 0.25) is 0 Å². The highest BCUT2D eigenvalue weighted by molar-refractivity contribution is 7.80. The molecule has 0 nitrogen and oxygen atoms in total. The third-order valence-electron chi connectivity index (χ3n) is 2.60. The van der Waals surface area contributed by atoms with Crippen LogP contribution in [0.5, 0.6) is 0 Å². The van der Waals surface area contributed by atoms with Crippen molar-refractivity contribution in [1.82, 2.24) is 0 Å². The lowest BCUT2D eigenvalue weighted by molar-refractivity contribution is 1.13. The first-order valence-electron chi connectivity index (χ1n) is 5.07. The highest BCUT2D eigenvalue weighted by Crippen LogP contribution is 2.29. The molecule has 0 aromatic heterocycles. The van der Waals surface area contributed by atoms with Gasteiger partial charge in [-0.15, -0.1) is 0 Å². The van der Waals surface area contributed by atoms with Crippen molar-refractivity contribution in [2.45, 2.75) is 12.2 Å². The number of aryl methyl sites for hydroxylation is 1. The van der Waals surface area contributed by atoms with Gasteiger partial charge in [-0.1, -0.05) is 54.6 Å². The van der Waals surface area contributed by atoms with Gasteiger partial charge in [0.15, 0.2) is 0 Å². The smallest absolute Gasteiger partial charge is 0.0519 e. The maximum Gasteiger partial charge on any atom is 0.0519 e. The average Bonchev–Trinajstić information content (AvgIpc) is 2.30. The molecule has 1 unspecified atom stereocenters. The summed E-state index contributed by atoms with van der Waals surface area (Å²) in [5.41, 5.74) is 3.82. The van der Waals surface area contributed by atoms with E-state index in [9.17, 15) is 0 Å². The van der Waals surface area contributed by atoms with Gasteiger partial charge in [0.1, 0.15) is 0 Å². The molecule has 0 aliphatic rings. The lowest BCUT2D eigenvalue weighted by Crippen LogP contribution is -1.95. The molecule has 15 heavy (non-hydrogen) atoms. The van der Waals surface area contributed by atoms with Gasteiger partial charge in [0.2, 0.25) is 0 Å². The normalized spacial score (nSPS) is 12.4. The number of rotatable bonds is 2. The fraction of sp³-hybridized carbons (Fsp3) is 0.143. The van der Waals surface area contributed by atoms with Crippen LogP contribution in [-0.2, 0) is 0 Å². The summed E-state index contributed by atoms with van der Waals surface area (Å²) in [5, 5.41) is 0.174. The summed E-state index contributed by atoms with van der Waals surface area (Å²) >= 11 is 4.68. The second kappa shape index (κ2) is 4.54. The molecular formula is C14H14S. The van der Waals surface area contributed by atoms with Crippen LogP contribution in [0.1, 0.15) is 21.9 Å². The van der Waals surface area contributed by atoms with E-state index in [1.165, 1.54) is 16.7 Å². The minimum Gasteiger partial charge on any atom is -0.166 e. The Morgan fingerprint density at radius 3 is 2.13 bits per heavy atom. The van der Waals surface area contributed by atoms with E-state index in [1.807, 2.05) is 6.07 Å². The Balaban J connectivity index is 2.37. The molecule has 0 amide bonds. The summed E-state index contributed by atoms with van der Waals surface area (Å²) in [6.07, 6.45) is 0. The second-order valence-corrected chi connectivity index (χ2v) is 4.19. The molecule has 0 radical (unpaired) electrons. The minimum absolute atomic E-state index is 0.174. The van der Waals surface area contributed by atoms with Gasteiger partial charge in [-0.05, 0) is 23.6 Å². The van der Waals surface area contributed by atoms with Crippen molar-refractivity contribution >= 4 is 12.6 Å². The molecule has 1 heteroatoms. The molecule has 0 N–H and O–H groups in total. The molecule has 0 fully saturated rings. The maximum absolute atomic E-state index is 4.68. The van der Waals surface area contributed by atoms with Crippen LogP contribution in [0.25, 0.3) is 0 Å². The van der Waals surface area contributed by atoms with Gasteiger partial charge in [-0.25, -0.2) is 0 Å². The molecule has 0 saturated heterocycles. The third-order valence-corrected chi connectivity index (χ3v) is 3.17. The van der Waals surface area contributed by atoms with Crippen LogP contribution in [-0.4, -0.2) is 0 Å².